The van der Waals surface area contributed by atoms with Crippen LogP contribution in [0.1, 0.15) is 19.8 Å². The second-order valence-electron chi connectivity index (χ2n) is 3.90. The number of hydrogen-bond donors (Lipinski definition) is 2. The van der Waals surface area contributed by atoms with E-state index in [1.807, 2.05) is 6.92 Å². The van der Waals surface area contributed by atoms with Crippen molar-refractivity contribution >= 4 is 12.0 Å². The van der Waals surface area contributed by atoms with Gasteiger partial charge in [0.2, 0.25) is 0 Å². The Bertz CT molecular complexity index is 316. The average Bonchev–Trinajstić information content (AvgIpc) is 2.13. The molecule has 0 aliphatic carbocycles. The lowest BCUT2D eigenvalue weighted by Crippen LogP contribution is -2.57. The van der Waals surface area contributed by atoms with Crippen molar-refractivity contribution in [1.82, 2.24) is 10.2 Å². The summed E-state index contributed by atoms with van der Waals surface area (Å²) in [4.78, 5) is 23.6. The minimum Gasteiger partial charge on any atom is -0.481 e. The molecule has 1 atom stereocenters. The van der Waals surface area contributed by atoms with Crippen molar-refractivity contribution in [3.8, 4) is 12.3 Å². The Hall–Kier alpha value is -1.70. The summed E-state index contributed by atoms with van der Waals surface area (Å²) in [7, 11) is 0. The third-order valence-corrected chi connectivity index (χ3v) is 2.70. The molecule has 2 N–H and O–H groups in total. The first-order valence-electron chi connectivity index (χ1n) is 5.30. The zero-order chi connectivity index (χ0) is 12.1. The molecule has 0 saturated carbocycles. The largest absolute Gasteiger partial charge is 0.481 e. The molecule has 0 aromatic carbocycles. The lowest BCUT2D eigenvalue weighted by atomic mass is 10.0. The fraction of sp³-hybridized carbons (Fsp3) is 0.636. The van der Waals surface area contributed by atoms with Crippen LogP contribution in [0.25, 0.3) is 0 Å². The number of likely N-dealkylation sites (tertiary alicyclic amines) is 1. The highest BCUT2D eigenvalue weighted by Crippen LogP contribution is 2.15. The molecule has 0 spiro atoms. The van der Waals surface area contributed by atoms with E-state index in [9.17, 15) is 9.59 Å². The quantitative estimate of drug-likeness (QED) is 0.684. The lowest BCUT2D eigenvalue weighted by molar-refractivity contribution is -0.146. The van der Waals surface area contributed by atoms with E-state index in [4.69, 9.17) is 11.5 Å². The van der Waals surface area contributed by atoms with Crippen LogP contribution in [0.5, 0.6) is 0 Å². The minimum atomic E-state index is -0.847. The van der Waals surface area contributed by atoms with Crippen molar-refractivity contribution < 1.29 is 14.7 Å². The van der Waals surface area contributed by atoms with Gasteiger partial charge in [0, 0.05) is 25.6 Å². The van der Waals surface area contributed by atoms with Crippen LogP contribution in [0.4, 0.5) is 4.79 Å². The maximum Gasteiger partial charge on any atom is 0.317 e. The highest BCUT2D eigenvalue weighted by atomic mass is 16.4. The van der Waals surface area contributed by atoms with Crippen molar-refractivity contribution in [3.05, 3.63) is 0 Å². The maximum atomic E-state index is 11.6. The summed E-state index contributed by atoms with van der Waals surface area (Å²) in [5.74, 6) is 1.23. The van der Waals surface area contributed by atoms with Crippen LogP contribution in [-0.2, 0) is 4.79 Å². The van der Waals surface area contributed by atoms with E-state index < -0.39 is 11.9 Å². The average molecular weight is 224 g/mol. The Balaban J connectivity index is 2.32. The Labute approximate surface area is 94.8 Å². The van der Waals surface area contributed by atoms with E-state index in [0.29, 0.717) is 6.42 Å². The summed E-state index contributed by atoms with van der Waals surface area (Å²) in [5, 5.41) is 11.4. The van der Waals surface area contributed by atoms with Crippen LogP contribution < -0.4 is 5.32 Å². The van der Waals surface area contributed by atoms with E-state index >= 15 is 0 Å². The number of carboxylic acids is 1. The van der Waals surface area contributed by atoms with E-state index in [0.717, 1.165) is 6.42 Å². The van der Waals surface area contributed by atoms with Gasteiger partial charge in [0.15, 0.2) is 0 Å². The van der Waals surface area contributed by atoms with Crippen molar-refractivity contribution in [2.75, 3.05) is 13.1 Å². The number of terminal acetylenes is 1. The monoisotopic (exact) mass is 224 g/mol. The van der Waals surface area contributed by atoms with Crippen LogP contribution >= 0.6 is 0 Å². The molecule has 1 fully saturated rings. The Morgan fingerprint density at radius 3 is 2.69 bits per heavy atom. The van der Waals surface area contributed by atoms with Crippen LogP contribution in [0.2, 0.25) is 0 Å². The van der Waals surface area contributed by atoms with Gasteiger partial charge in [-0.05, 0) is 6.42 Å². The number of carbonyl (C=O) groups excluding carboxylic acids is 1. The Morgan fingerprint density at radius 2 is 2.25 bits per heavy atom. The lowest BCUT2D eigenvalue weighted by Gasteiger charge is -2.37. The molecule has 1 heterocycles. The highest BCUT2D eigenvalue weighted by molar-refractivity contribution is 5.79. The first-order chi connectivity index (χ1) is 7.58. The van der Waals surface area contributed by atoms with Gasteiger partial charge in [0.1, 0.15) is 0 Å². The summed E-state index contributed by atoms with van der Waals surface area (Å²) in [6.45, 7) is 2.51. The number of nitrogens with zero attached hydrogens (tertiary/aromatic N) is 1. The molecule has 0 radical (unpaired) electrons. The Morgan fingerprint density at radius 1 is 1.62 bits per heavy atom. The molecular weight excluding hydrogens is 208 g/mol. The molecule has 0 bridgehead atoms. The molecule has 5 heteroatoms. The fourth-order valence-corrected chi connectivity index (χ4v) is 1.51. The second-order valence-corrected chi connectivity index (χ2v) is 3.90. The van der Waals surface area contributed by atoms with Crippen LogP contribution in [0.3, 0.4) is 0 Å². The second kappa shape index (κ2) is 5.40. The summed E-state index contributed by atoms with van der Waals surface area (Å²) in [6.07, 6.45) is 6.44. The van der Waals surface area contributed by atoms with Gasteiger partial charge in [0.25, 0.3) is 0 Å². The van der Waals surface area contributed by atoms with E-state index in [2.05, 4.69) is 11.2 Å². The summed E-state index contributed by atoms with van der Waals surface area (Å²) in [6, 6.07) is -0.249. The molecule has 2 amide bonds. The third kappa shape index (κ3) is 2.89. The molecule has 1 saturated heterocycles. The molecular formula is C11H16N2O3. The number of amides is 2. The normalized spacial score (nSPS) is 17.1. The summed E-state index contributed by atoms with van der Waals surface area (Å²) < 4.78 is 0. The van der Waals surface area contributed by atoms with Gasteiger partial charge in [-0.15, -0.1) is 12.3 Å². The topological polar surface area (TPSA) is 69.6 Å². The number of carboxylic acid groups (broad SMARTS) is 1. The first-order valence-corrected chi connectivity index (χ1v) is 5.30. The third-order valence-electron chi connectivity index (χ3n) is 2.70. The van der Waals surface area contributed by atoms with Crippen molar-refractivity contribution in [1.29, 1.82) is 0 Å². The number of urea groups is 1. The zero-order valence-corrected chi connectivity index (χ0v) is 9.27. The van der Waals surface area contributed by atoms with Gasteiger partial charge in [0.05, 0.1) is 5.92 Å². The molecule has 5 nitrogen and oxygen atoms in total. The van der Waals surface area contributed by atoms with Gasteiger partial charge in [-0.1, -0.05) is 6.92 Å². The number of hydrogen-bond acceptors (Lipinski definition) is 2. The van der Waals surface area contributed by atoms with Gasteiger partial charge >= 0.3 is 12.0 Å². The summed E-state index contributed by atoms with van der Waals surface area (Å²) in [5.41, 5.74) is 0. The van der Waals surface area contributed by atoms with Crippen LogP contribution in [-0.4, -0.2) is 41.1 Å². The van der Waals surface area contributed by atoms with Gasteiger partial charge in [-0.2, -0.15) is 0 Å². The maximum absolute atomic E-state index is 11.6. The van der Waals surface area contributed by atoms with Crippen LogP contribution in [0.15, 0.2) is 0 Å². The molecule has 0 aromatic heterocycles. The zero-order valence-electron chi connectivity index (χ0n) is 9.27. The van der Waals surface area contributed by atoms with E-state index in [1.54, 1.807) is 0 Å². The number of rotatable bonds is 4. The Kier molecular flexibility index (Phi) is 4.18. The molecule has 16 heavy (non-hydrogen) atoms. The molecule has 1 unspecified atom stereocenters. The minimum absolute atomic E-state index is 0.0265. The highest BCUT2D eigenvalue weighted by Gasteiger charge is 2.35. The molecule has 1 rings (SSSR count). The number of aliphatic carboxylic acids is 1. The molecule has 1 aliphatic rings. The van der Waals surface area contributed by atoms with Crippen LogP contribution in [0, 0.1) is 18.3 Å². The fourth-order valence-electron chi connectivity index (χ4n) is 1.51. The smallest absolute Gasteiger partial charge is 0.317 e. The van der Waals surface area contributed by atoms with Gasteiger partial charge in [-0.25, -0.2) is 4.79 Å². The van der Waals surface area contributed by atoms with Gasteiger partial charge in [-0.3, -0.25) is 4.79 Å². The predicted octanol–water partition coefficient (Wildman–Crippen LogP) is 0.514. The molecule has 0 aromatic rings. The first kappa shape index (κ1) is 12.4. The summed E-state index contributed by atoms with van der Waals surface area (Å²) >= 11 is 0. The van der Waals surface area contributed by atoms with E-state index in [-0.39, 0.29) is 25.2 Å². The molecule has 1 aliphatic heterocycles. The van der Waals surface area contributed by atoms with E-state index in [1.165, 1.54) is 4.90 Å². The molecule has 88 valence electrons. The number of carbonyl (C=O) groups is 2. The number of nitrogens with one attached hydrogen (secondary N) is 1. The standard InChI is InChI=1S/C11H16N2O3/c1-3-5-9(4-2)12-11(16)13-6-8(7-13)10(14)15/h1,8-9H,4-7H2,2H3,(H,12,16)(H,14,15). The predicted molar refractivity (Wildman–Crippen MR) is 58.8 cm³/mol. The van der Waals surface area contributed by atoms with Gasteiger partial charge < -0.3 is 15.3 Å². The van der Waals surface area contributed by atoms with Crippen molar-refractivity contribution in [2.24, 2.45) is 5.92 Å². The van der Waals surface area contributed by atoms with Crippen molar-refractivity contribution in [2.45, 2.75) is 25.8 Å². The SMILES string of the molecule is C#CCC(CC)NC(=O)N1CC(C(=O)O)C1. The van der Waals surface area contributed by atoms with Crippen molar-refractivity contribution in [3.63, 3.8) is 0 Å².